The Bertz CT molecular complexity index is 275. The highest BCUT2D eigenvalue weighted by Gasteiger charge is 1.97. The molecule has 0 aliphatic heterocycles. The monoisotopic (exact) mass is 321 g/mol. The van der Waals surface area contributed by atoms with Gasteiger partial charge < -0.3 is 21.1 Å². The van der Waals surface area contributed by atoms with Gasteiger partial charge >= 0.3 is 0 Å². The summed E-state index contributed by atoms with van der Waals surface area (Å²) in [7, 11) is 3.23. The van der Waals surface area contributed by atoms with Crippen LogP contribution in [0.5, 0.6) is 0 Å². The number of hydrogen-bond donors (Lipinski definition) is 4. The fraction of sp³-hybridized carbons (Fsp3) is 0.800. The van der Waals surface area contributed by atoms with Crippen LogP contribution >= 0.6 is 0 Å². The highest BCUT2D eigenvalue weighted by Crippen LogP contribution is 1.93. The number of nitrogens with one attached hydrogen (secondary N) is 3. The van der Waals surface area contributed by atoms with E-state index in [0.29, 0.717) is 6.42 Å². The first-order chi connectivity index (χ1) is 9.85. The van der Waals surface area contributed by atoms with Crippen LogP contribution < -0.4 is 16.0 Å². The normalized spacial score (nSPS) is 8.45. The zero-order chi connectivity index (χ0) is 18.8. The average molecular weight is 321 g/mol. The maximum atomic E-state index is 10.1. The van der Waals surface area contributed by atoms with Crippen molar-refractivity contribution in [3.63, 3.8) is 0 Å². The van der Waals surface area contributed by atoms with E-state index in [1.807, 2.05) is 13.8 Å². The number of hydrogen-bond acceptors (Lipinski definition) is 4. The molecule has 0 aromatic carbocycles. The molecule has 134 valence electrons. The third kappa shape index (κ3) is 102. The lowest BCUT2D eigenvalue weighted by molar-refractivity contribution is -0.120. The van der Waals surface area contributed by atoms with Crippen molar-refractivity contribution in [2.24, 2.45) is 0 Å². The fourth-order valence-corrected chi connectivity index (χ4v) is 0.426. The van der Waals surface area contributed by atoms with E-state index in [1.165, 1.54) is 13.8 Å². The molecule has 3 amide bonds. The topological polar surface area (TPSA) is 108 Å². The predicted molar refractivity (Wildman–Crippen MR) is 90.4 cm³/mol. The van der Waals surface area contributed by atoms with Gasteiger partial charge in [0.2, 0.25) is 17.7 Å². The zero-order valence-electron chi connectivity index (χ0n) is 15.6. The van der Waals surface area contributed by atoms with Crippen LogP contribution in [-0.4, -0.2) is 49.1 Å². The lowest BCUT2D eigenvalue weighted by atomic mass is 10.2. The van der Waals surface area contributed by atoms with Gasteiger partial charge in [-0.15, -0.1) is 0 Å². The Kier molecular flexibility index (Phi) is 25.1. The van der Waals surface area contributed by atoms with Crippen LogP contribution in [0.2, 0.25) is 0 Å². The van der Waals surface area contributed by atoms with Crippen molar-refractivity contribution < 1.29 is 19.5 Å². The molecular formula is C15H35N3O4. The van der Waals surface area contributed by atoms with Crippen LogP contribution in [0.15, 0.2) is 0 Å². The van der Waals surface area contributed by atoms with Crippen molar-refractivity contribution >= 4 is 17.7 Å². The van der Waals surface area contributed by atoms with Gasteiger partial charge in [0.05, 0.1) is 5.60 Å². The smallest absolute Gasteiger partial charge is 0.219 e. The Morgan fingerprint density at radius 1 is 0.909 bits per heavy atom. The largest absolute Gasteiger partial charge is 0.391 e. The van der Waals surface area contributed by atoms with Crippen molar-refractivity contribution in [1.29, 1.82) is 0 Å². The summed E-state index contributed by atoms with van der Waals surface area (Å²) in [5, 5.41) is 16.0. The third-order valence-corrected chi connectivity index (χ3v) is 1.38. The van der Waals surface area contributed by atoms with Gasteiger partial charge in [0.15, 0.2) is 0 Å². The van der Waals surface area contributed by atoms with Crippen LogP contribution in [0.1, 0.15) is 54.9 Å². The predicted octanol–water partition coefficient (Wildman–Crippen LogP) is 0.814. The SMILES string of the molecule is CC(C)(C)O.CCC(=O)NC.CCNC(C)=O.CNC(C)=O. The zero-order valence-corrected chi connectivity index (χ0v) is 15.6. The molecule has 0 saturated carbocycles. The van der Waals surface area contributed by atoms with E-state index >= 15 is 0 Å². The van der Waals surface area contributed by atoms with Gasteiger partial charge in [-0.25, -0.2) is 0 Å². The molecule has 0 unspecified atom stereocenters. The third-order valence-electron chi connectivity index (χ3n) is 1.38. The van der Waals surface area contributed by atoms with E-state index in [-0.39, 0.29) is 17.7 Å². The molecule has 0 atom stereocenters. The molecule has 4 N–H and O–H groups in total. The summed E-state index contributed by atoms with van der Waals surface area (Å²) in [5.74, 6) is 0.137. The van der Waals surface area contributed by atoms with E-state index in [0.717, 1.165) is 6.54 Å². The van der Waals surface area contributed by atoms with E-state index in [4.69, 9.17) is 5.11 Å². The van der Waals surface area contributed by atoms with Crippen LogP contribution in [-0.2, 0) is 14.4 Å². The van der Waals surface area contributed by atoms with Gasteiger partial charge in [0.1, 0.15) is 0 Å². The Balaban J connectivity index is -0.0000000986. The van der Waals surface area contributed by atoms with E-state index in [1.54, 1.807) is 34.9 Å². The van der Waals surface area contributed by atoms with Gasteiger partial charge in [-0.1, -0.05) is 6.92 Å². The van der Waals surface area contributed by atoms with Crippen LogP contribution in [0, 0.1) is 0 Å². The molecule has 0 rings (SSSR count). The molecule has 0 saturated heterocycles. The molecule has 0 bridgehead atoms. The first-order valence-electron chi connectivity index (χ1n) is 7.21. The fourth-order valence-electron chi connectivity index (χ4n) is 0.426. The second kappa shape index (κ2) is 19.4. The van der Waals surface area contributed by atoms with Crippen LogP contribution in [0.4, 0.5) is 0 Å². The number of rotatable bonds is 2. The molecule has 0 aromatic heterocycles. The number of carbonyl (C=O) groups excluding carboxylic acids is 3. The van der Waals surface area contributed by atoms with Crippen molar-refractivity contribution in [3.8, 4) is 0 Å². The van der Waals surface area contributed by atoms with E-state index in [2.05, 4.69) is 16.0 Å². The maximum Gasteiger partial charge on any atom is 0.219 e. The molecule has 0 aliphatic carbocycles. The Morgan fingerprint density at radius 2 is 1.23 bits per heavy atom. The second-order valence-electron chi connectivity index (χ2n) is 5.09. The summed E-state index contributed by atoms with van der Waals surface area (Å²) in [5.41, 5.74) is -0.500. The molecule has 0 aromatic rings. The minimum atomic E-state index is -0.500. The van der Waals surface area contributed by atoms with Crippen molar-refractivity contribution in [2.45, 2.75) is 60.5 Å². The molecule has 0 radical (unpaired) electrons. The molecule has 0 spiro atoms. The number of aliphatic hydroxyl groups is 1. The van der Waals surface area contributed by atoms with Crippen molar-refractivity contribution in [1.82, 2.24) is 16.0 Å². The summed E-state index contributed by atoms with van der Waals surface area (Å²) in [6.07, 6.45) is 0.580. The standard InChI is InChI=1S/2C4H9NO.C4H10O.C3H7NO/c1-3-4(6)5-2;1-3-5-4(2)6;1-4(2,3)5;1-3(5)4-2/h2*3H2,1-2H3,(H,5,6);5H,1-3H3;1-2H3,(H,4,5). The van der Waals surface area contributed by atoms with E-state index in [9.17, 15) is 14.4 Å². The highest BCUT2D eigenvalue weighted by atomic mass is 16.3. The Labute approximate surface area is 135 Å². The quantitative estimate of drug-likeness (QED) is 0.604. The second-order valence-corrected chi connectivity index (χ2v) is 5.09. The Morgan fingerprint density at radius 3 is 1.23 bits per heavy atom. The van der Waals surface area contributed by atoms with Gasteiger partial charge in [-0.3, -0.25) is 14.4 Å². The number of carbonyl (C=O) groups is 3. The Hall–Kier alpha value is -1.63. The van der Waals surface area contributed by atoms with Crippen molar-refractivity contribution in [2.75, 3.05) is 20.6 Å². The first kappa shape index (κ1) is 28.5. The summed E-state index contributed by atoms with van der Waals surface area (Å²) in [6, 6.07) is 0. The average Bonchev–Trinajstić information content (AvgIpc) is 2.37. The van der Waals surface area contributed by atoms with Crippen LogP contribution in [0.25, 0.3) is 0 Å². The maximum absolute atomic E-state index is 10.1. The van der Waals surface area contributed by atoms with Crippen LogP contribution in [0.3, 0.4) is 0 Å². The first-order valence-corrected chi connectivity index (χ1v) is 7.21. The molecular weight excluding hydrogens is 286 g/mol. The molecule has 0 fully saturated rings. The number of amides is 3. The summed E-state index contributed by atoms with van der Waals surface area (Å²) in [4.78, 5) is 29.7. The van der Waals surface area contributed by atoms with Gasteiger partial charge in [0.25, 0.3) is 0 Å². The lowest BCUT2D eigenvalue weighted by Crippen LogP contribution is -2.18. The van der Waals surface area contributed by atoms with Gasteiger partial charge in [-0.05, 0) is 27.7 Å². The highest BCUT2D eigenvalue weighted by molar-refractivity contribution is 5.75. The summed E-state index contributed by atoms with van der Waals surface area (Å²) in [6.45, 7) is 12.6. The van der Waals surface area contributed by atoms with Gasteiger partial charge in [0, 0.05) is 40.9 Å². The summed E-state index contributed by atoms with van der Waals surface area (Å²) < 4.78 is 0. The molecule has 7 nitrogen and oxygen atoms in total. The summed E-state index contributed by atoms with van der Waals surface area (Å²) >= 11 is 0. The minimum absolute atomic E-state index is 0.00463. The molecule has 7 heteroatoms. The lowest BCUT2D eigenvalue weighted by Gasteiger charge is -2.04. The van der Waals surface area contributed by atoms with Crippen molar-refractivity contribution in [3.05, 3.63) is 0 Å². The minimum Gasteiger partial charge on any atom is -0.391 e. The molecule has 0 aliphatic rings. The molecule has 22 heavy (non-hydrogen) atoms. The van der Waals surface area contributed by atoms with E-state index < -0.39 is 5.60 Å². The molecule has 0 heterocycles. The van der Waals surface area contributed by atoms with Gasteiger partial charge in [-0.2, -0.15) is 0 Å².